The van der Waals surface area contributed by atoms with E-state index in [2.05, 4.69) is 15.1 Å². The van der Waals surface area contributed by atoms with Crippen molar-refractivity contribution in [3.63, 3.8) is 0 Å². The number of nitrogens with zero attached hydrogens (tertiary/aromatic N) is 4. The van der Waals surface area contributed by atoms with Crippen molar-refractivity contribution in [1.29, 1.82) is 0 Å². The number of imidazole rings is 1. The average Bonchev–Trinajstić information content (AvgIpc) is 3.59. The predicted molar refractivity (Wildman–Crippen MR) is 140 cm³/mol. The first-order valence-corrected chi connectivity index (χ1v) is 12.8. The van der Waals surface area contributed by atoms with Gasteiger partial charge < -0.3 is 19.2 Å². The second kappa shape index (κ2) is 10.7. The number of aryl methyl sites for hydroxylation is 2. The van der Waals surface area contributed by atoms with Crippen molar-refractivity contribution in [2.24, 2.45) is 0 Å². The van der Waals surface area contributed by atoms with Gasteiger partial charge >= 0.3 is 5.69 Å². The summed E-state index contributed by atoms with van der Waals surface area (Å²) in [7, 11) is 0. The van der Waals surface area contributed by atoms with E-state index in [4.69, 9.17) is 37.4 Å². The third kappa shape index (κ3) is 5.31. The molecular weight excluding hydrogens is 517 g/mol. The molecule has 2 aromatic heterocycles. The van der Waals surface area contributed by atoms with Crippen LogP contribution < -0.4 is 10.4 Å². The number of halogens is 2. The molecule has 0 saturated carbocycles. The normalized spacial score (nSPS) is 19.4. The SMILES string of the molecule is CCCn1nc(C)n(-c2ccc(OCC3COC(Cc4ncc[nH]4)(c4ccc(Cl)cc4Cl)O3)cc2)c1=O. The highest BCUT2D eigenvalue weighted by Crippen LogP contribution is 2.41. The van der Waals surface area contributed by atoms with E-state index in [1.54, 1.807) is 29.1 Å². The number of hydrogen-bond acceptors (Lipinski definition) is 6. The Balaban J connectivity index is 1.29. The van der Waals surface area contributed by atoms with Crippen molar-refractivity contribution in [1.82, 2.24) is 24.3 Å². The van der Waals surface area contributed by atoms with Gasteiger partial charge in [-0.25, -0.2) is 19.0 Å². The number of rotatable bonds is 9. The number of hydrogen-bond donors (Lipinski definition) is 1. The van der Waals surface area contributed by atoms with Gasteiger partial charge in [-0.1, -0.05) is 36.2 Å². The Morgan fingerprint density at radius 1 is 1.22 bits per heavy atom. The molecule has 0 radical (unpaired) electrons. The fraction of sp³-hybridized carbons (Fsp3) is 0.346. The predicted octanol–water partition coefficient (Wildman–Crippen LogP) is 4.67. The molecule has 1 saturated heterocycles. The van der Waals surface area contributed by atoms with E-state index in [-0.39, 0.29) is 18.4 Å². The van der Waals surface area contributed by atoms with Crippen molar-refractivity contribution in [2.45, 2.75) is 45.1 Å². The number of aromatic nitrogens is 5. The average molecular weight is 544 g/mol. The van der Waals surface area contributed by atoms with Gasteiger partial charge in [0.2, 0.25) is 5.79 Å². The second-order valence-electron chi connectivity index (χ2n) is 8.83. The summed E-state index contributed by atoms with van der Waals surface area (Å²) in [4.78, 5) is 20.1. The molecule has 0 spiro atoms. The van der Waals surface area contributed by atoms with Crippen molar-refractivity contribution in [2.75, 3.05) is 13.2 Å². The van der Waals surface area contributed by atoms with Crippen LogP contribution in [0.15, 0.2) is 59.7 Å². The highest BCUT2D eigenvalue weighted by Gasteiger charge is 2.45. The molecule has 0 aliphatic carbocycles. The lowest BCUT2D eigenvalue weighted by atomic mass is 10.0. The zero-order valence-corrected chi connectivity index (χ0v) is 22.0. The number of H-pyrrole nitrogens is 1. The molecule has 5 rings (SSSR count). The Hall–Kier alpha value is -3.11. The molecule has 1 N–H and O–H groups in total. The first-order chi connectivity index (χ1) is 17.9. The molecule has 37 heavy (non-hydrogen) atoms. The van der Waals surface area contributed by atoms with Crippen LogP contribution in [0.25, 0.3) is 5.69 Å². The fourth-order valence-electron chi connectivity index (χ4n) is 4.44. The molecule has 0 bridgehead atoms. The van der Waals surface area contributed by atoms with Gasteiger partial charge in [-0.2, -0.15) is 5.10 Å². The molecule has 1 aliphatic rings. The molecule has 3 heterocycles. The molecule has 0 amide bonds. The summed E-state index contributed by atoms with van der Waals surface area (Å²) >= 11 is 12.6. The number of ether oxygens (including phenoxy) is 3. The van der Waals surface area contributed by atoms with Crippen molar-refractivity contribution >= 4 is 23.2 Å². The van der Waals surface area contributed by atoms with Gasteiger partial charge in [-0.05, 0) is 49.7 Å². The lowest BCUT2D eigenvalue weighted by Crippen LogP contribution is -2.33. The Bertz CT molecular complexity index is 1420. The summed E-state index contributed by atoms with van der Waals surface area (Å²) in [6.07, 6.45) is 4.25. The molecule has 2 unspecified atom stereocenters. The maximum Gasteiger partial charge on any atom is 0.350 e. The molecule has 11 heteroatoms. The summed E-state index contributed by atoms with van der Waals surface area (Å²) in [6.45, 7) is 4.98. The van der Waals surface area contributed by atoms with Crippen LogP contribution in [0.5, 0.6) is 5.75 Å². The molecule has 1 fully saturated rings. The number of aromatic amines is 1. The largest absolute Gasteiger partial charge is 0.491 e. The minimum absolute atomic E-state index is 0.154. The first kappa shape index (κ1) is 25.5. The number of benzene rings is 2. The standard InChI is InChI=1S/C26H27Cl2N5O4/c1-3-12-32-25(34)33(17(2)31-32)19-5-7-20(8-6-19)35-15-21-16-36-26(37-21,14-24-29-10-11-30-24)22-9-4-18(27)13-23(22)28/h4-11,13,21H,3,12,14-16H2,1-2H3,(H,29,30). The van der Waals surface area contributed by atoms with Crippen LogP contribution in [0, 0.1) is 6.92 Å². The second-order valence-corrected chi connectivity index (χ2v) is 9.68. The number of nitrogens with one attached hydrogen (secondary N) is 1. The van der Waals surface area contributed by atoms with Crippen LogP contribution >= 0.6 is 23.2 Å². The molecule has 9 nitrogen and oxygen atoms in total. The van der Waals surface area contributed by atoms with E-state index in [1.807, 2.05) is 44.2 Å². The summed E-state index contributed by atoms with van der Waals surface area (Å²) in [5.74, 6) is 0.856. The van der Waals surface area contributed by atoms with Crippen LogP contribution in [-0.2, 0) is 28.2 Å². The molecule has 1 aliphatic heterocycles. The molecule has 194 valence electrons. The van der Waals surface area contributed by atoms with Gasteiger partial charge in [0.25, 0.3) is 0 Å². The summed E-state index contributed by atoms with van der Waals surface area (Å²) in [6, 6.07) is 12.5. The van der Waals surface area contributed by atoms with Crippen LogP contribution in [-0.4, -0.2) is 43.6 Å². The Morgan fingerprint density at radius 3 is 2.73 bits per heavy atom. The molecule has 2 aromatic carbocycles. The summed E-state index contributed by atoms with van der Waals surface area (Å²) in [5, 5.41) is 5.32. The topological polar surface area (TPSA) is 96.2 Å². The van der Waals surface area contributed by atoms with E-state index >= 15 is 0 Å². The molecular formula is C26H27Cl2N5O4. The van der Waals surface area contributed by atoms with E-state index in [9.17, 15) is 4.79 Å². The zero-order valence-electron chi connectivity index (χ0n) is 20.5. The Kier molecular flexibility index (Phi) is 7.39. The summed E-state index contributed by atoms with van der Waals surface area (Å²) in [5.41, 5.74) is 1.25. The van der Waals surface area contributed by atoms with E-state index in [0.717, 1.165) is 12.1 Å². The van der Waals surface area contributed by atoms with Gasteiger partial charge in [-0.15, -0.1) is 0 Å². The minimum Gasteiger partial charge on any atom is -0.491 e. The highest BCUT2D eigenvalue weighted by molar-refractivity contribution is 6.35. The van der Waals surface area contributed by atoms with Crippen molar-refractivity contribution < 1.29 is 14.2 Å². The van der Waals surface area contributed by atoms with Crippen LogP contribution in [0.4, 0.5) is 0 Å². The zero-order chi connectivity index (χ0) is 26.0. The lowest BCUT2D eigenvalue weighted by molar-refractivity contribution is -0.179. The molecule has 4 aromatic rings. The Labute approximate surface area is 223 Å². The van der Waals surface area contributed by atoms with Crippen molar-refractivity contribution in [3.05, 3.63) is 92.6 Å². The van der Waals surface area contributed by atoms with Crippen LogP contribution in [0.2, 0.25) is 10.0 Å². The van der Waals surface area contributed by atoms with E-state index < -0.39 is 5.79 Å². The minimum atomic E-state index is -1.13. The van der Waals surface area contributed by atoms with Gasteiger partial charge in [-0.3, -0.25) is 0 Å². The Morgan fingerprint density at radius 2 is 2.03 bits per heavy atom. The third-order valence-electron chi connectivity index (χ3n) is 6.12. The molecule has 2 atom stereocenters. The smallest absolute Gasteiger partial charge is 0.350 e. The van der Waals surface area contributed by atoms with E-state index in [0.29, 0.717) is 52.6 Å². The monoisotopic (exact) mass is 543 g/mol. The summed E-state index contributed by atoms with van der Waals surface area (Å²) < 4.78 is 21.7. The quantitative estimate of drug-likeness (QED) is 0.329. The maximum absolute atomic E-state index is 12.7. The third-order valence-corrected chi connectivity index (χ3v) is 6.67. The van der Waals surface area contributed by atoms with Gasteiger partial charge in [0.05, 0.1) is 23.7 Å². The lowest BCUT2D eigenvalue weighted by Gasteiger charge is -2.29. The van der Waals surface area contributed by atoms with E-state index in [1.165, 1.54) is 4.68 Å². The fourth-order valence-corrected chi connectivity index (χ4v) is 4.99. The van der Waals surface area contributed by atoms with Gasteiger partial charge in [0.15, 0.2) is 0 Å². The maximum atomic E-state index is 12.7. The first-order valence-electron chi connectivity index (χ1n) is 12.0. The van der Waals surface area contributed by atoms with Crippen LogP contribution in [0.1, 0.15) is 30.6 Å². The highest BCUT2D eigenvalue weighted by atomic mass is 35.5. The van der Waals surface area contributed by atoms with Crippen LogP contribution in [0.3, 0.4) is 0 Å². The van der Waals surface area contributed by atoms with Crippen molar-refractivity contribution in [3.8, 4) is 11.4 Å². The van der Waals surface area contributed by atoms with Gasteiger partial charge in [0, 0.05) is 29.5 Å². The van der Waals surface area contributed by atoms with Gasteiger partial charge in [0.1, 0.15) is 30.1 Å².